The highest BCUT2D eigenvalue weighted by molar-refractivity contribution is 7.92. The molecule has 0 fully saturated rings. The van der Waals surface area contributed by atoms with E-state index in [1.165, 1.54) is 30.1 Å². The van der Waals surface area contributed by atoms with Crippen LogP contribution in [-0.2, 0) is 26.2 Å². The normalized spacial score (nSPS) is 12.1. The second kappa shape index (κ2) is 12.8. The van der Waals surface area contributed by atoms with Gasteiger partial charge in [0.1, 0.15) is 12.6 Å². The number of sulfonamides is 1. The highest BCUT2D eigenvalue weighted by Gasteiger charge is 2.34. The number of hydrogen-bond acceptors (Lipinski definition) is 4. The van der Waals surface area contributed by atoms with Gasteiger partial charge in [-0.25, -0.2) is 8.42 Å². The van der Waals surface area contributed by atoms with E-state index < -0.39 is 34.4 Å². The molecule has 0 aliphatic rings. The molecule has 3 aromatic carbocycles. The Kier molecular flexibility index (Phi) is 10.1. The smallest absolute Gasteiger partial charge is 0.264 e. The fourth-order valence-corrected chi connectivity index (χ4v) is 6.04. The second-order valence-electron chi connectivity index (χ2n) is 8.52. The van der Waals surface area contributed by atoms with Crippen molar-refractivity contribution in [3.05, 3.63) is 92.9 Å². The Morgan fingerprint density at radius 3 is 2.11 bits per heavy atom. The van der Waals surface area contributed by atoms with Crippen LogP contribution in [0.25, 0.3) is 0 Å². The SMILES string of the molecule is CC[C@@H](C(=O)NC)N(Cc1c(Cl)cccc1Cl)C(=O)CN(c1ccc(C)c(Cl)c1)S(=O)(=O)c1ccccc1. The van der Waals surface area contributed by atoms with Crippen LogP contribution < -0.4 is 9.62 Å². The van der Waals surface area contributed by atoms with E-state index in [2.05, 4.69) is 5.32 Å². The second-order valence-corrected chi connectivity index (χ2v) is 11.6. The van der Waals surface area contributed by atoms with Gasteiger partial charge < -0.3 is 10.2 Å². The Balaban J connectivity index is 2.11. The fourth-order valence-electron chi connectivity index (χ4n) is 3.93. The summed E-state index contributed by atoms with van der Waals surface area (Å²) in [4.78, 5) is 28.0. The minimum Gasteiger partial charge on any atom is -0.357 e. The number of likely N-dealkylation sites (N-methyl/N-ethyl adjacent to an activating group) is 1. The van der Waals surface area contributed by atoms with Gasteiger partial charge in [-0.15, -0.1) is 0 Å². The standard InChI is InChI=1S/C27H28Cl3N3O4S/c1-4-25(27(35)31-3)32(16-21-22(28)11-8-12-23(21)29)26(34)17-33(19-14-13-18(2)24(30)15-19)38(36,37)20-9-6-5-7-10-20/h5-15,25H,4,16-17H2,1-3H3,(H,31,35)/t25-/m0/s1. The molecule has 0 radical (unpaired) electrons. The number of halogens is 3. The summed E-state index contributed by atoms with van der Waals surface area (Å²) in [5.41, 5.74) is 1.41. The van der Waals surface area contributed by atoms with E-state index in [-0.39, 0.29) is 23.5 Å². The van der Waals surface area contributed by atoms with Crippen LogP contribution in [-0.4, -0.2) is 44.8 Å². The summed E-state index contributed by atoms with van der Waals surface area (Å²) >= 11 is 19.1. The predicted molar refractivity (Wildman–Crippen MR) is 152 cm³/mol. The monoisotopic (exact) mass is 595 g/mol. The Morgan fingerprint density at radius 2 is 1.55 bits per heavy atom. The maximum Gasteiger partial charge on any atom is 0.264 e. The number of rotatable bonds is 10. The summed E-state index contributed by atoms with van der Waals surface area (Å²) in [6.45, 7) is 2.85. The molecule has 0 aliphatic carbocycles. The number of hydrogen-bond donors (Lipinski definition) is 1. The van der Waals surface area contributed by atoms with Gasteiger partial charge in [-0.3, -0.25) is 13.9 Å². The summed E-state index contributed by atoms with van der Waals surface area (Å²) < 4.78 is 28.5. The van der Waals surface area contributed by atoms with Crippen LogP contribution >= 0.6 is 34.8 Å². The van der Waals surface area contributed by atoms with Crippen molar-refractivity contribution in [2.45, 2.75) is 37.8 Å². The van der Waals surface area contributed by atoms with Crippen molar-refractivity contribution >= 4 is 62.3 Å². The maximum absolute atomic E-state index is 13.9. The van der Waals surface area contributed by atoms with Crippen LogP contribution in [0, 0.1) is 6.92 Å². The Bertz CT molecular complexity index is 1400. The number of nitrogens with one attached hydrogen (secondary N) is 1. The van der Waals surface area contributed by atoms with Gasteiger partial charge in [-0.05, 0) is 55.3 Å². The van der Waals surface area contributed by atoms with Gasteiger partial charge in [0.05, 0.1) is 10.6 Å². The molecular formula is C27H28Cl3N3O4S. The van der Waals surface area contributed by atoms with Gasteiger partial charge in [0.2, 0.25) is 11.8 Å². The molecule has 202 valence electrons. The van der Waals surface area contributed by atoms with E-state index in [1.54, 1.807) is 62.4 Å². The van der Waals surface area contributed by atoms with Gasteiger partial charge in [0.15, 0.2) is 0 Å². The van der Waals surface area contributed by atoms with Crippen LogP contribution in [0.5, 0.6) is 0 Å². The molecule has 1 atom stereocenters. The fraction of sp³-hybridized carbons (Fsp3) is 0.259. The molecule has 0 saturated carbocycles. The lowest BCUT2D eigenvalue weighted by molar-refractivity contribution is -0.140. The molecule has 38 heavy (non-hydrogen) atoms. The van der Waals surface area contributed by atoms with Crippen molar-refractivity contribution in [3.63, 3.8) is 0 Å². The lowest BCUT2D eigenvalue weighted by Gasteiger charge is -2.33. The average Bonchev–Trinajstić information content (AvgIpc) is 2.90. The molecule has 0 saturated heterocycles. The summed E-state index contributed by atoms with van der Waals surface area (Å²) in [7, 11) is -2.72. The first kappa shape index (κ1) is 29.8. The Hall–Kier alpha value is -2.78. The summed E-state index contributed by atoms with van der Waals surface area (Å²) in [5, 5.41) is 3.56. The highest BCUT2D eigenvalue weighted by atomic mass is 35.5. The van der Waals surface area contributed by atoms with Gasteiger partial charge >= 0.3 is 0 Å². The third-order valence-corrected chi connectivity index (χ3v) is 8.98. The summed E-state index contributed by atoms with van der Waals surface area (Å²) in [6.07, 6.45) is 0.273. The third kappa shape index (κ3) is 6.61. The first-order chi connectivity index (χ1) is 18.0. The van der Waals surface area contributed by atoms with Crippen molar-refractivity contribution in [1.82, 2.24) is 10.2 Å². The number of aryl methyl sites for hydroxylation is 1. The molecule has 0 aromatic heterocycles. The van der Waals surface area contributed by atoms with E-state index in [0.29, 0.717) is 20.6 Å². The maximum atomic E-state index is 13.9. The van der Waals surface area contributed by atoms with Crippen LogP contribution in [0.15, 0.2) is 71.6 Å². The largest absolute Gasteiger partial charge is 0.357 e. The molecule has 11 heteroatoms. The van der Waals surface area contributed by atoms with Gasteiger partial charge in [0, 0.05) is 34.2 Å². The molecule has 2 amide bonds. The number of anilines is 1. The zero-order valence-corrected chi connectivity index (χ0v) is 24.2. The zero-order chi connectivity index (χ0) is 28.0. The molecule has 3 rings (SSSR count). The van der Waals surface area contributed by atoms with E-state index in [1.807, 2.05) is 0 Å². The van der Waals surface area contributed by atoms with E-state index >= 15 is 0 Å². The van der Waals surface area contributed by atoms with Gasteiger partial charge in [0.25, 0.3) is 10.0 Å². The van der Waals surface area contributed by atoms with E-state index in [4.69, 9.17) is 34.8 Å². The first-order valence-electron chi connectivity index (χ1n) is 11.8. The van der Waals surface area contributed by atoms with Crippen LogP contribution in [0.2, 0.25) is 15.1 Å². The van der Waals surface area contributed by atoms with Crippen LogP contribution in [0.4, 0.5) is 5.69 Å². The number of carbonyl (C=O) groups excluding carboxylic acids is 2. The number of benzene rings is 3. The van der Waals surface area contributed by atoms with Crippen LogP contribution in [0.3, 0.4) is 0 Å². The quantitative estimate of drug-likeness (QED) is 0.325. The average molecular weight is 597 g/mol. The molecule has 1 N–H and O–H groups in total. The molecule has 7 nitrogen and oxygen atoms in total. The topological polar surface area (TPSA) is 86.8 Å². The number of carbonyl (C=O) groups is 2. The number of nitrogens with zero attached hydrogens (tertiary/aromatic N) is 2. The van der Waals surface area contributed by atoms with E-state index in [0.717, 1.165) is 9.87 Å². The van der Waals surface area contributed by atoms with Gasteiger partial charge in [-0.2, -0.15) is 0 Å². The molecular weight excluding hydrogens is 569 g/mol. The summed E-state index contributed by atoms with van der Waals surface area (Å²) in [5.74, 6) is -1.02. The third-order valence-electron chi connectivity index (χ3n) is 6.08. The summed E-state index contributed by atoms with van der Waals surface area (Å²) in [6, 6.07) is 16.6. The molecule has 0 aliphatic heterocycles. The minimum atomic E-state index is -4.19. The predicted octanol–water partition coefficient (Wildman–Crippen LogP) is 5.70. The Labute approximate surface area is 238 Å². The first-order valence-corrected chi connectivity index (χ1v) is 14.4. The van der Waals surface area contributed by atoms with Crippen molar-refractivity contribution in [2.24, 2.45) is 0 Å². The molecule has 3 aromatic rings. The van der Waals surface area contributed by atoms with Crippen molar-refractivity contribution in [2.75, 3.05) is 17.9 Å². The van der Waals surface area contributed by atoms with Crippen molar-refractivity contribution < 1.29 is 18.0 Å². The van der Waals surface area contributed by atoms with Crippen LogP contribution in [0.1, 0.15) is 24.5 Å². The van der Waals surface area contributed by atoms with E-state index in [9.17, 15) is 18.0 Å². The van der Waals surface area contributed by atoms with Crippen molar-refractivity contribution in [1.29, 1.82) is 0 Å². The molecule has 0 bridgehead atoms. The number of amides is 2. The molecule has 0 unspecified atom stereocenters. The minimum absolute atomic E-state index is 0.00328. The Morgan fingerprint density at radius 1 is 0.921 bits per heavy atom. The van der Waals surface area contributed by atoms with Gasteiger partial charge in [-0.1, -0.05) is 72.1 Å². The zero-order valence-electron chi connectivity index (χ0n) is 21.1. The molecule has 0 spiro atoms. The molecule has 0 heterocycles. The highest BCUT2D eigenvalue weighted by Crippen LogP contribution is 2.30. The lowest BCUT2D eigenvalue weighted by Crippen LogP contribution is -2.51. The lowest BCUT2D eigenvalue weighted by atomic mass is 10.1. The van der Waals surface area contributed by atoms with Crippen molar-refractivity contribution in [3.8, 4) is 0 Å².